The first-order valence-corrected chi connectivity index (χ1v) is 5.27. The monoisotopic (exact) mass is 167 g/mol. The van der Waals surface area contributed by atoms with Crippen LogP contribution in [0, 0.1) is 11.3 Å². The van der Waals surface area contributed by atoms with Gasteiger partial charge < -0.3 is 5.32 Å². The highest BCUT2D eigenvalue weighted by Crippen LogP contribution is 2.44. The van der Waals surface area contributed by atoms with E-state index in [1.165, 1.54) is 32.2 Å². The van der Waals surface area contributed by atoms with Crippen molar-refractivity contribution in [2.75, 3.05) is 6.54 Å². The Morgan fingerprint density at radius 1 is 1.17 bits per heavy atom. The van der Waals surface area contributed by atoms with Gasteiger partial charge in [-0.05, 0) is 37.0 Å². The third kappa shape index (κ3) is 1.52. The van der Waals surface area contributed by atoms with Gasteiger partial charge in [0.2, 0.25) is 0 Å². The average molecular weight is 167 g/mol. The van der Waals surface area contributed by atoms with Crippen LogP contribution in [-0.2, 0) is 0 Å². The summed E-state index contributed by atoms with van der Waals surface area (Å²) in [6.45, 7) is 8.45. The number of hydrogen-bond acceptors (Lipinski definition) is 1. The second kappa shape index (κ2) is 2.47. The van der Waals surface area contributed by atoms with Crippen LogP contribution < -0.4 is 5.32 Å². The van der Waals surface area contributed by atoms with Crippen LogP contribution in [-0.4, -0.2) is 12.1 Å². The van der Waals surface area contributed by atoms with E-state index in [9.17, 15) is 0 Å². The lowest BCUT2D eigenvalue weighted by molar-refractivity contribution is 0.162. The minimum Gasteiger partial charge on any atom is -0.308 e. The summed E-state index contributed by atoms with van der Waals surface area (Å²) in [7, 11) is 0. The maximum Gasteiger partial charge on any atom is 0.0307 e. The third-order valence-corrected chi connectivity index (χ3v) is 3.84. The number of hydrogen-bond donors (Lipinski definition) is 1. The maximum absolute atomic E-state index is 3.52. The van der Waals surface area contributed by atoms with E-state index < -0.39 is 0 Å². The average Bonchev–Trinajstić information content (AvgIpc) is 2.68. The zero-order valence-electron chi connectivity index (χ0n) is 8.61. The van der Waals surface area contributed by atoms with Crippen molar-refractivity contribution in [3.8, 4) is 0 Å². The van der Waals surface area contributed by atoms with E-state index in [-0.39, 0.29) is 0 Å². The highest BCUT2D eigenvalue weighted by atomic mass is 15.2. The molecule has 2 fully saturated rings. The van der Waals surface area contributed by atoms with Gasteiger partial charge in [0.05, 0.1) is 0 Å². The Morgan fingerprint density at radius 2 is 1.67 bits per heavy atom. The van der Waals surface area contributed by atoms with Crippen molar-refractivity contribution in [3.63, 3.8) is 0 Å². The van der Waals surface area contributed by atoms with Crippen LogP contribution in [0.1, 0.15) is 46.5 Å². The fraction of sp³-hybridized carbons (Fsp3) is 1.00. The molecule has 1 aliphatic carbocycles. The summed E-state index contributed by atoms with van der Waals surface area (Å²) in [5.74, 6) is 0.963. The first kappa shape index (κ1) is 8.55. The molecule has 1 saturated carbocycles. The van der Waals surface area contributed by atoms with Crippen LogP contribution in [0.2, 0.25) is 0 Å². The van der Waals surface area contributed by atoms with Crippen LogP contribution in [0.3, 0.4) is 0 Å². The molecule has 2 rings (SSSR count). The minimum absolute atomic E-state index is 0.538. The molecule has 1 spiro atoms. The van der Waals surface area contributed by atoms with Gasteiger partial charge in [-0.1, -0.05) is 20.8 Å². The predicted molar refractivity (Wildman–Crippen MR) is 52.1 cm³/mol. The van der Waals surface area contributed by atoms with Gasteiger partial charge in [-0.15, -0.1) is 0 Å². The molecular formula is C11H21N. The SMILES string of the molecule is CC(C)(C)C1CCC2(CC1)CN2. The van der Waals surface area contributed by atoms with Gasteiger partial charge in [0.1, 0.15) is 0 Å². The van der Waals surface area contributed by atoms with Crippen molar-refractivity contribution in [2.24, 2.45) is 11.3 Å². The Kier molecular flexibility index (Phi) is 1.76. The van der Waals surface area contributed by atoms with Crippen LogP contribution in [0.4, 0.5) is 0 Å². The van der Waals surface area contributed by atoms with E-state index in [1.807, 2.05) is 0 Å². The molecule has 1 nitrogen and oxygen atoms in total. The van der Waals surface area contributed by atoms with E-state index in [0.29, 0.717) is 11.0 Å². The predicted octanol–water partition coefficient (Wildman–Crippen LogP) is 2.56. The molecule has 0 atom stereocenters. The summed E-state index contributed by atoms with van der Waals surface area (Å²) in [6.07, 6.45) is 5.73. The largest absolute Gasteiger partial charge is 0.308 e. The molecule has 0 unspecified atom stereocenters. The highest BCUT2D eigenvalue weighted by Gasteiger charge is 2.45. The second-order valence-electron chi connectivity index (χ2n) is 5.77. The molecule has 2 aliphatic rings. The zero-order chi connectivity index (χ0) is 8.82. The van der Waals surface area contributed by atoms with Crippen LogP contribution in [0.15, 0.2) is 0 Å². The lowest BCUT2D eigenvalue weighted by Crippen LogP contribution is -2.30. The molecule has 1 N–H and O–H groups in total. The van der Waals surface area contributed by atoms with E-state index in [2.05, 4.69) is 26.1 Å². The minimum atomic E-state index is 0.538. The van der Waals surface area contributed by atoms with Gasteiger partial charge in [-0.3, -0.25) is 0 Å². The normalized spacial score (nSPS) is 41.8. The van der Waals surface area contributed by atoms with E-state index in [0.717, 1.165) is 5.92 Å². The Bertz CT molecular complexity index is 164. The summed E-state index contributed by atoms with van der Waals surface area (Å²) in [5.41, 5.74) is 1.16. The van der Waals surface area contributed by atoms with Crippen molar-refractivity contribution in [1.29, 1.82) is 0 Å². The standard InChI is InChI=1S/C11H21N/c1-10(2,3)9-4-6-11(7-5-9)8-12-11/h9,12H,4-8H2,1-3H3. The van der Waals surface area contributed by atoms with E-state index >= 15 is 0 Å². The Labute approximate surface area is 75.9 Å². The summed E-state index contributed by atoms with van der Waals surface area (Å²) >= 11 is 0. The molecule has 12 heavy (non-hydrogen) atoms. The van der Waals surface area contributed by atoms with Crippen molar-refractivity contribution >= 4 is 0 Å². The molecule has 1 heteroatoms. The van der Waals surface area contributed by atoms with Gasteiger partial charge in [0.15, 0.2) is 0 Å². The van der Waals surface area contributed by atoms with Gasteiger partial charge >= 0.3 is 0 Å². The molecule has 0 aromatic heterocycles. The van der Waals surface area contributed by atoms with Crippen LogP contribution >= 0.6 is 0 Å². The number of rotatable bonds is 0. The molecule has 1 saturated heterocycles. The van der Waals surface area contributed by atoms with Gasteiger partial charge in [-0.25, -0.2) is 0 Å². The Morgan fingerprint density at radius 3 is 2.00 bits per heavy atom. The van der Waals surface area contributed by atoms with Crippen LogP contribution in [0.25, 0.3) is 0 Å². The topological polar surface area (TPSA) is 21.9 Å². The van der Waals surface area contributed by atoms with E-state index in [1.54, 1.807) is 0 Å². The fourth-order valence-corrected chi connectivity index (χ4v) is 2.51. The second-order valence-corrected chi connectivity index (χ2v) is 5.77. The van der Waals surface area contributed by atoms with Gasteiger partial charge in [-0.2, -0.15) is 0 Å². The molecule has 1 aliphatic heterocycles. The number of nitrogens with one attached hydrogen (secondary N) is 1. The molecule has 0 bridgehead atoms. The Balaban J connectivity index is 1.90. The lowest BCUT2D eigenvalue weighted by atomic mass is 9.69. The van der Waals surface area contributed by atoms with Crippen molar-refractivity contribution in [2.45, 2.75) is 52.0 Å². The quantitative estimate of drug-likeness (QED) is 0.550. The fourth-order valence-electron chi connectivity index (χ4n) is 2.51. The Hall–Kier alpha value is -0.0400. The first-order chi connectivity index (χ1) is 5.52. The molecule has 0 aromatic rings. The highest BCUT2D eigenvalue weighted by molar-refractivity contribution is 5.06. The summed E-state index contributed by atoms with van der Waals surface area (Å²) < 4.78 is 0. The molecule has 70 valence electrons. The first-order valence-electron chi connectivity index (χ1n) is 5.27. The molecule has 1 heterocycles. The lowest BCUT2D eigenvalue weighted by Gasteiger charge is -2.36. The third-order valence-electron chi connectivity index (χ3n) is 3.84. The van der Waals surface area contributed by atoms with Crippen molar-refractivity contribution < 1.29 is 0 Å². The molecular weight excluding hydrogens is 146 g/mol. The van der Waals surface area contributed by atoms with Crippen molar-refractivity contribution in [3.05, 3.63) is 0 Å². The van der Waals surface area contributed by atoms with Gasteiger partial charge in [0.25, 0.3) is 0 Å². The summed E-state index contributed by atoms with van der Waals surface area (Å²) in [5, 5.41) is 3.52. The van der Waals surface area contributed by atoms with Gasteiger partial charge in [0, 0.05) is 12.1 Å². The summed E-state index contributed by atoms with van der Waals surface area (Å²) in [6, 6.07) is 0. The van der Waals surface area contributed by atoms with Crippen LogP contribution in [0.5, 0.6) is 0 Å². The smallest absolute Gasteiger partial charge is 0.0307 e. The maximum atomic E-state index is 3.52. The summed E-state index contributed by atoms with van der Waals surface area (Å²) in [4.78, 5) is 0. The molecule has 0 aromatic carbocycles. The van der Waals surface area contributed by atoms with Crippen molar-refractivity contribution in [1.82, 2.24) is 5.32 Å². The van der Waals surface area contributed by atoms with E-state index in [4.69, 9.17) is 0 Å². The zero-order valence-corrected chi connectivity index (χ0v) is 8.61. The molecule has 0 radical (unpaired) electrons. The molecule has 0 amide bonds.